The van der Waals surface area contributed by atoms with Crippen LogP contribution in [0.1, 0.15) is 46.0 Å². The van der Waals surface area contributed by atoms with Gasteiger partial charge >= 0.3 is 0 Å². The molecule has 0 aromatic rings. The van der Waals surface area contributed by atoms with Crippen molar-refractivity contribution in [2.45, 2.75) is 52.0 Å². The Kier molecular flexibility index (Phi) is 7.69. The molecule has 0 spiro atoms. The average molecular weight is 186 g/mol. The van der Waals surface area contributed by atoms with Crippen LogP contribution in [0.2, 0.25) is 0 Å². The Hall–Kier alpha value is -0.570. The molecule has 0 aromatic heterocycles. The molecule has 1 unspecified atom stereocenters. The van der Waals surface area contributed by atoms with Gasteiger partial charge in [0.15, 0.2) is 0 Å². The molecule has 1 atom stereocenters. The summed E-state index contributed by atoms with van der Waals surface area (Å²) in [6.45, 7) is 5.11. The number of unbranched alkanes of at least 4 members (excludes halogenated alkanes) is 2. The van der Waals surface area contributed by atoms with E-state index >= 15 is 0 Å². The van der Waals surface area contributed by atoms with Crippen molar-refractivity contribution in [1.82, 2.24) is 5.32 Å². The standard InChI is InChI=1S/C10H22N2O/c1-3-5-6-7-9(10(11)13)12-8-4-2/h9,12H,3-8H2,1-2H3,(H2,11,13). The van der Waals surface area contributed by atoms with Gasteiger partial charge in [0.1, 0.15) is 0 Å². The van der Waals surface area contributed by atoms with E-state index in [-0.39, 0.29) is 11.9 Å². The van der Waals surface area contributed by atoms with Crippen molar-refractivity contribution in [3.63, 3.8) is 0 Å². The summed E-state index contributed by atoms with van der Waals surface area (Å²) in [4.78, 5) is 11.0. The lowest BCUT2D eigenvalue weighted by molar-refractivity contribution is -0.120. The van der Waals surface area contributed by atoms with Crippen molar-refractivity contribution in [2.24, 2.45) is 5.73 Å². The van der Waals surface area contributed by atoms with Gasteiger partial charge in [-0.2, -0.15) is 0 Å². The third-order valence-corrected chi connectivity index (χ3v) is 2.08. The van der Waals surface area contributed by atoms with Crippen LogP contribution in [0.3, 0.4) is 0 Å². The van der Waals surface area contributed by atoms with Gasteiger partial charge in [-0.25, -0.2) is 0 Å². The number of rotatable bonds is 8. The van der Waals surface area contributed by atoms with Crippen molar-refractivity contribution in [3.05, 3.63) is 0 Å². The molecule has 1 amide bonds. The number of amides is 1. The number of nitrogens with two attached hydrogens (primary N) is 1. The van der Waals surface area contributed by atoms with Gasteiger partial charge in [0.05, 0.1) is 6.04 Å². The molecule has 13 heavy (non-hydrogen) atoms. The molecule has 0 radical (unpaired) electrons. The third-order valence-electron chi connectivity index (χ3n) is 2.08. The van der Waals surface area contributed by atoms with E-state index < -0.39 is 0 Å². The largest absolute Gasteiger partial charge is 0.368 e. The second-order valence-corrected chi connectivity index (χ2v) is 3.40. The van der Waals surface area contributed by atoms with Gasteiger partial charge in [0, 0.05) is 0 Å². The van der Waals surface area contributed by atoms with Crippen molar-refractivity contribution in [1.29, 1.82) is 0 Å². The maximum atomic E-state index is 11.0. The second kappa shape index (κ2) is 8.05. The number of carbonyl (C=O) groups excluding carboxylic acids is 1. The molecule has 3 heteroatoms. The number of primary amides is 1. The highest BCUT2D eigenvalue weighted by molar-refractivity contribution is 5.79. The van der Waals surface area contributed by atoms with Gasteiger partial charge in [-0.05, 0) is 19.4 Å². The first-order valence-electron chi connectivity index (χ1n) is 5.25. The van der Waals surface area contributed by atoms with Crippen LogP contribution >= 0.6 is 0 Å². The van der Waals surface area contributed by atoms with Gasteiger partial charge in [-0.15, -0.1) is 0 Å². The van der Waals surface area contributed by atoms with Crippen LogP contribution in [0.5, 0.6) is 0 Å². The topological polar surface area (TPSA) is 55.1 Å². The number of nitrogens with one attached hydrogen (secondary N) is 1. The predicted octanol–water partition coefficient (Wildman–Crippen LogP) is 1.42. The summed E-state index contributed by atoms with van der Waals surface area (Å²) in [5.74, 6) is -0.218. The minimum atomic E-state index is -0.218. The number of carbonyl (C=O) groups is 1. The summed E-state index contributed by atoms with van der Waals surface area (Å²) in [5, 5.41) is 3.15. The number of hydrogen-bond donors (Lipinski definition) is 2. The van der Waals surface area contributed by atoms with Crippen LogP contribution in [0.4, 0.5) is 0 Å². The molecular formula is C10H22N2O. The zero-order chi connectivity index (χ0) is 10.1. The lowest BCUT2D eigenvalue weighted by atomic mass is 10.1. The Morgan fingerprint density at radius 2 is 2.00 bits per heavy atom. The summed E-state index contributed by atoms with van der Waals surface area (Å²) in [5.41, 5.74) is 5.26. The molecule has 0 fully saturated rings. The van der Waals surface area contributed by atoms with E-state index in [1.54, 1.807) is 0 Å². The highest BCUT2D eigenvalue weighted by atomic mass is 16.1. The molecule has 0 aliphatic carbocycles. The molecule has 0 saturated heterocycles. The van der Waals surface area contributed by atoms with Crippen LogP contribution < -0.4 is 11.1 Å². The minimum absolute atomic E-state index is 0.119. The van der Waals surface area contributed by atoms with Crippen molar-refractivity contribution < 1.29 is 4.79 Å². The van der Waals surface area contributed by atoms with Crippen LogP contribution in [-0.2, 0) is 4.79 Å². The molecule has 0 saturated carbocycles. The fraction of sp³-hybridized carbons (Fsp3) is 0.900. The zero-order valence-electron chi connectivity index (χ0n) is 8.81. The Balaban J connectivity index is 3.61. The van der Waals surface area contributed by atoms with Gasteiger partial charge in [0.25, 0.3) is 0 Å². The summed E-state index contributed by atoms with van der Waals surface area (Å²) in [6.07, 6.45) is 5.36. The minimum Gasteiger partial charge on any atom is -0.368 e. The molecule has 0 heterocycles. The average Bonchev–Trinajstić information content (AvgIpc) is 2.10. The van der Waals surface area contributed by atoms with E-state index in [1.165, 1.54) is 12.8 Å². The fourth-order valence-electron chi connectivity index (χ4n) is 1.26. The Morgan fingerprint density at radius 3 is 2.46 bits per heavy atom. The van der Waals surface area contributed by atoms with Gasteiger partial charge in [0.2, 0.25) is 5.91 Å². The van der Waals surface area contributed by atoms with Gasteiger partial charge in [-0.1, -0.05) is 33.1 Å². The molecule has 0 bridgehead atoms. The van der Waals surface area contributed by atoms with E-state index in [0.717, 1.165) is 25.8 Å². The zero-order valence-corrected chi connectivity index (χ0v) is 8.81. The highest BCUT2D eigenvalue weighted by Gasteiger charge is 2.12. The Bertz CT molecular complexity index is 137. The van der Waals surface area contributed by atoms with Crippen molar-refractivity contribution in [2.75, 3.05) is 6.54 Å². The van der Waals surface area contributed by atoms with Crippen LogP contribution in [0.25, 0.3) is 0 Å². The maximum absolute atomic E-state index is 11.0. The SMILES string of the molecule is CCCCCC(NCCC)C(N)=O. The summed E-state index contributed by atoms with van der Waals surface area (Å²) >= 11 is 0. The van der Waals surface area contributed by atoms with Crippen LogP contribution in [0.15, 0.2) is 0 Å². The molecular weight excluding hydrogens is 164 g/mol. The van der Waals surface area contributed by atoms with E-state index in [9.17, 15) is 4.79 Å². The number of hydrogen-bond acceptors (Lipinski definition) is 2. The quantitative estimate of drug-likeness (QED) is 0.563. The van der Waals surface area contributed by atoms with Gasteiger partial charge < -0.3 is 11.1 Å². The van der Waals surface area contributed by atoms with E-state index in [0.29, 0.717) is 0 Å². The van der Waals surface area contributed by atoms with E-state index in [1.807, 2.05) is 0 Å². The molecule has 0 aromatic carbocycles. The molecule has 78 valence electrons. The molecule has 3 nitrogen and oxygen atoms in total. The third kappa shape index (κ3) is 6.58. The first kappa shape index (κ1) is 12.4. The second-order valence-electron chi connectivity index (χ2n) is 3.40. The fourth-order valence-corrected chi connectivity index (χ4v) is 1.26. The monoisotopic (exact) mass is 186 g/mol. The lowest BCUT2D eigenvalue weighted by Gasteiger charge is -2.14. The van der Waals surface area contributed by atoms with E-state index in [2.05, 4.69) is 19.2 Å². The maximum Gasteiger partial charge on any atom is 0.234 e. The lowest BCUT2D eigenvalue weighted by Crippen LogP contribution is -2.41. The molecule has 0 aliphatic heterocycles. The summed E-state index contributed by atoms with van der Waals surface area (Å²) in [7, 11) is 0. The van der Waals surface area contributed by atoms with Crippen molar-refractivity contribution >= 4 is 5.91 Å². The molecule has 0 rings (SSSR count). The van der Waals surface area contributed by atoms with Crippen molar-refractivity contribution in [3.8, 4) is 0 Å². The first-order valence-corrected chi connectivity index (χ1v) is 5.25. The Labute approximate surface area is 81.1 Å². The Morgan fingerprint density at radius 1 is 1.31 bits per heavy atom. The molecule has 3 N–H and O–H groups in total. The first-order chi connectivity index (χ1) is 6.22. The van der Waals surface area contributed by atoms with Gasteiger partial charge in [-0.3, -0.25) is 4.79 Å². The summed E-state index contributed by atoms with van der Waals surface area (Å²) in [6, 6.07) is -0.119. The predicted molar refractivity (Wildman–Crippen MR) is 55.4 cm³/mol. The van der Waals surface area contributed by atoms with E-state index in [4.69, 9.17) is 5.73 Å². The molecule has 0 aliphatic rings. The summed E-state index contributed by atoms with van der Waals surface area (Å²) < 4.78 is 0. The smallest absolute Gasteiger partial charge is 0.234 e. The van der Waals surface area contributed by atoms with Crippen LogP contribution in [0, 0.1) is 0 Å². The van der Waals surface area contributed by atoms with Crippen LogP contribution in [-0.4, -0.2) is 18.5 Å². The highest BCUT2D eigenvalue weighted by Crippen LogP contribution is 2.02. The normalized spacial score (nSPS) is 12.8.